The van der Waals surface area contributed by atoms with Gasteiger partial charge >= 0.3 is 0 Å². The molecule has 0 bridgehead atoms. The van der Waals surface area contributed by atoms with Crippen LogP contribution in [0.4, 0.5) is 0 Å². The Morgan fingerprint density at radius 3 is 2.55 bits per heavy atom. The van der Waals surface area contributed by atoms with Gasteiger partial charge in [0, 0.05) is 12.4 Å². The molecule has 2 aromatic heterocycles. The lowest BCUT2D eigenvalue weighted by Gasteiger charge is -1.93. The van der Waals surface area contributed by atoms with Crippen molar-refractivity contribution < 1.29 is 0 Å². The van der Waals surface area contributed by atoms with E-state index in [-0.39, 0.29) is 0 Å². The lowest BCUT2D eigenvalue weighted by molar-refractivity contribution is 0.755. The highest BCUT2D eigenvalue weighted by Crippen LogP contribution is 1.92. The average Bonchev–Trinajstić information content (AvgIpc) is 2.58. The summed E-state index contributed by atoms with van der Waals surface area (Å²) in [6.45, 7) is 0. The van der Waals surface area contributed by atoms with Crippen LogP contribution in [-0.2, 0) is 0 Å². The van der Waals surface area contributed by atoms with Crippen molar-refractivity contribution in [1.82, 2.24) is 25.0 Å². The topological polar surface area (TPSA) is 56.5 Å². The van der Waals surface area contributed by atoms with Crippen molar-refractivity contribution in [3.8, 4) is 5.95 Å². The second-order valence-electron chi connectivity index (χ2n) is 1.90. The van der Waals surface area contributed by atoms with E-state index in [9.17, 15) is 0 Å². The molecule has 0 atom stereocenters. The van der Waals surface area contributed by atoms with Gasteiger partial charge in [0.2, 0.25) is 0 Å². The van der Waals surface area contributed by atoms with Crippen molar-refractivity contribution in [3.05, 3.63) is 30.9 Å². The number of nitrogens with zero attached hydrogens (tertiary/aromatic N) is 5. The van der Waals surface area contributed by atoms with Crippen molar-refractivity contribution >= 4 is 0 Å². The molecular weight excluding hydrogens is 142 g/mol. The molecule has 2 heterocycles. The number of rotatable bonds is 1. The molecular formula is C6H5N5. The third-order valence-corrected chi connectivity index (χ3v) is 1.18. The Morgan fingerprint density at radius 2 is 1.91 bits per heavy atom. The van der Waals surface area contributed by atoms with Gasteiger partial charge in [-0.1, -0.05) is 5.21 Å². The zero-order valence-electron chi connectivity index (χ0n) is 5.62. The van der Waals surface area contributed by atoms with Crippen LogP contribution in [0.15, 0.2) is 30.9 Å². The fraction of sp³-hybridized carbons (Fsp3) is 0. The molecule has 0 spiro atoms. The molecule has 0 aromatic carbocycles. The molecule has 0 N–H and O–H groups in total. The van der Waals surface area contributed by atoms with E-state index < -0.39 is 0 Å². The first-order valence-corrected chi connectivity index (χ1v) is 3.10. The van der Waals surface area contributed by atoms with Gasteiger partial charge in [0.05, 0.1) is 12.4 Å². The van der Waals surface area contributed by atoms with Crippen LogP contribution >= 0.6 is 0 Å². The van der Waals surface area contributed by atoms with E-state index in [4.69, 9.17) is 0 Å². The summed E-state index contributed by atoms with van der Waals surface area (Å²) in [5, 5.41) is 7.36. The van der Waals surface area contributed by atoms with E-state index in [1.165, 1.54) is 4.68 Å². The van der Waals surface area contributed by atoms with E-state index in [2.05, 4.69) is 20.3 Å². The standard InChI is InChI=1S/C6H5N5/c1-2-7-6(8-3-1)11-5-4-9-10-11/h1-5H. The second kappa shape index (κ2) is 2.45. The largest absolute Gasteiger partial charge is 0.251 e. The first-order valence-electron chi connectivity index (χ1n) is 3.10. The van der Waals surface area contributed by atoms with Crippen LogP contribution in [0.3, 0.4) is 0 Å². The van der Waals surface area contributed by atoms with Gasteiger partial charge in [-0.05, 0) is 6.07 Å². The summed E-state index contributed by atoms with van der Waals surface area (Å²) < 4.78 is 1.50. The van der Waals surface area contributed by atoms with Crippen molar-refractivity contribution in [2.75, 3.05) is 0 Å². The lowest BCUT2D eigenvalue weighted by Crippen LogP contribution is -2.00. The van der Waals surface area contributed by atoms with Gasteiger partial charge in [-0.3, -0.25) is 0 Å². The first kappa shape index (κ1) is 5.96. The van der Waals surface area contributed by atoms with E-state index in [0.717, 1.165) is 0 Å². The molecule has 0 aliphatic heterocycles. The van der Waals surface area contributed by atoms with E-state index in [1.54, 1.807) is 30.9 Å². The highest BCUT2D eigenvalue weighted by molar-refractivity contribution is 5.05. The minimum absolute atomic E-state index is 0.532. The monoisotopic (exact) mass is 147 g/mol. The Balaban J connectivity index is 2.46. The number of aromatic nitrogens is 5. The molecule has 0 radical (unpaired) electrons. The molecule has 2 aromatic rings. The molecule has 54 valence electrons. The summed E-state index contributed by atoms with van der Waals surface area (Å²) in [4.78, 5) is 7.94. The Bertz CT molecular complexity index is 314. The van der Waals surface area contributed by atoms with Gasteiger partial charge in [-0.15, -0.1) is 5.10 Å². The minimum atomic E-state index is 0.532. The maximum Gasteiger partial charge on any atom is 0.251 e. The minimum Gasteiger partial charge on any atom is -0.220 e. The maximum absolute atomic E-state index is 3.97. The Kier molecular flexibility index (Phi) is 1.33. The molecule has 0 unspecified atom stereocenters. The van der Waals surface area contributed by atoms with E-state index >= 15 is 0 Å². The van der Waals surface area contributed by atoms with Crippen molar-refractivity contribution in [3.63, 3.8) is 0 Å². The van der Waals surface area contributed by atoms with Crippen molar-refractivity contribution in [1.29, 1.82) is 0 Å². The molecule has 0 amide bonds. The van der Waals surface area contributed by atoms with Crippen LogP contribution in [0.5, 0.6) is 0 Å². The van der Waals surface area contributed by atoms with Gasteiger partial charge in [0.25, 0.3) is 5.95 Å². The van der Waals surface area contributed by atoms with Gasteiger partial charge in [-0.25, -0.2) is 9.97 Å². The summed E-state index contributed by atoms with van der Waals surface area (Å²) in [6.07, 6.45) is 6.58. The van der Waals surface area contributed by atoms with Crippen LogP contribution in [0.1, 0.15) is 0 Å². The zero-order chi connectivity index (χ0) is 7.52. The second-order valence-corrected chi connectivity index (χ2v) is 1.90. The fourth-order valence-electron chi connectivity index (χ4n) is 0.724. The average molecular weight is 147 g/mol. The Hall–Kier alpha value is -1.78. The molecule has 0 saturated heterocycles. The van der Waals surface area contributed by atoms with Crippen LogP contribution < -0.4 is 0 Å². The smallest absolute Gasteiger partial charge is 0.220 e. The SMILES string of the molecule is c1cnc(-n2ccnn2)nc1. The van der Waals surface area contributed by atoms with Crippen LogP contribution in [0.2, 0.25) is 0 Å². The highest BCUT2D eigenvalue weighted by Gasteiger charge is 1.95. The van der Waals surface area contributed by atoms with Crippen LogP contribution in [0, 0.1) is 0 Å². The van der Waals surface area contributed by atoms with Crippen molar-refractivity contribution in [2.24, 2.45) is 0 Å². The Morgan fingerprint density at radius 1 is 1.09 bits per heavy atom. The molecule has 5 nitrogen and oxygen atoms in total. The van der Waals surface area contributed by atoms with Gasteiger partial charge < -0.3 is 0 Å². The van der Waals surface area contributed by atoms with E-state index in [0.29, 0.717) is 5.95 Å². The predicted octanol–water partition coefficient (Wildman–Crippen LogP) is 0.0573. The van der Waals surface area contributed by atoms with Crippen LogP contribution in [0.25, 0.3) is 5.95 Å². The summed E-state index contributed by atoms with van der Waals surface area (Å²) in [6, 6.07) is 1.75. The normalized spacial score (nSPS) is 9.82. The summed E-state index contributed by atoms with van der Waals surface area (Å²) >= 11 is 0. The lowest BCUT2D eigenvalue weighted by atomic mass is 10.7. The van der Waals surface area contributed by atoms with Crippen molar-refractivity contribution in [2.45, 2.75) is 0 Å². The summed E-state index contributed by atoms with van der Waals surface area (Å²) in [5.74, 6) is 0.532. The quantitative estimate of drug-likeness (QED) is 0.572. The molecule has 0 aliphatic carbocycles. The number of hydrogen-bond donors (Lipinski definition) is 0. The number of hydrogen-bond acceptors (Lipinski definition) is 4. The third kappa shape index (κ3) is 1.07. The molecule has 2 rings (SSSR count). The first-order chi connectivity index (χ1) is 5.47. The van der Waals surface area contributed by atoms with Gasteiger partial charge in [-0.2, -0.15) is 4.68 Å². The fourth-order valence-corrected chi connectivity index (χ4v) is 0.724. The van der Waals surface area contributed by atoms with Crippen LogP contribution in [-0.4, -0.2) is 25.0 Å². The molecule has 5 heteroatoms. The van der Waals surface area contributed by atoms with Gasteiger partial charge in [0.15, 0.2) is 0 Å². The zero-order valence-corrected chi connectivity index (χ0v) is 5.62. The van der Waals surface area contributed by atoms with Gasteiger partial charge in [0.1, 0.15) is 0 Å². The molecule has 0 saturated carbocycles. The molecule has 0 fully saturated rings. The third-order valence-electron chi connectivity index (χ3n) is 1.18. The summed E-state index contributed by atoms with van der Waals surface area (Å²) in [5.41, 5.74) is 0. The predicted molar refractivity (Wildman–Crippen MR) is 36.9 cm³/mol. The highest BCUT2D eigenvalue weighted by atomic mass is 15.4. The molecule has 0 aliphatic rings. The molecule has 11 heavy (non-hydrogen) atoms. The maximum atomic E-state index is 3.97. The summed E-state index contributed by atoms with van der Waals surface area (Å²) in [7, 11) is 0. The van der Waals surface area contributed by atoms with E-state index in [1.807, 2.05) is 0 Å². The Labute approximate surface area is 62.7 Å².